The molecule has 0 aliphatic heterocycles. The van der Waals surface area contributed by atoms with Crippen molar-refractivity contribution in [3.05, 3.63) is 72.3 Å². The van der Waals surface area contributed by atoms with Crippen LogP contribution < -0.4 is 10.6 Å². The van der Waals surface area contributed by atoms with Crippen molar-refractivity contribution in [3.63, 3.8) is 0 Å². The molecule has 0 saturated carbocycles. The van der Waals surface area contributed by atoms with Gasteiger partial charge < -0.3 is 10.6 Å². The lowest BCUT2D eigenvalue weighted by Crippen LogP contribution is -2.17. The lowest BCUT2D eigenvalue weighted by atomic mass is 10.2. The van der Waals surface area contributed by atoms with Crippen molar-refractivity contribution < 1.29 is 31.1 Å². The fourth-order valence-electron chi connectivity index (χ4n) is 2.35. The summed E-state index contributed by atoms with van der Waals surface area (Å²) in [5.74, 6) is 0. The molecule has 2 aromatic heterocycles. The molecule has 0 atom stereocenters. The van der Waals surface area contributed by atoms with E-state index >= 15 is 0 Å². The van der Waals surface area contributed by atoms with Crippen LogP contribution in [0.2, 0.25) is 0 Å². The molecular weight excluding hydrogens is 402 g/mol. The van der Waals surface area contributed by atoms with Crippen LogP contribution in [-0.2, 0) is 12.4 Å². The number of anilines is 3. The van der Waals surface area contributed by atoms with Crippen molar-refractivity contribution >= 4 is 23.1 Å². The van der Waals surface area contributed by atoms with Crippen LogP contribution in [-0.4, -0.2) is 15.6 Å². The Hall–Kier alpha value is -3.50. The van der Waals surface area contributed by atoms with E-state index in [2.05, 4.69) is 15.6 Å². The molecule has 2 N–H and O–H groups in total. The predicted molar refractivity (Wildman–Crippen MR) is 92.8 cm³/mol. The van der Waals surface area contributed by atoms with Gasteiger partial charge in [0.1, 0.15) is 11.4 Å². The minimum absolute atomic E-state index is 0.219. The fourth-order valence-corrected chi connectivity index (χ4v) is 2.35. The second kappa shape index (κ2) is 7.49. The summed E-state index contributed by atoms with van der Waals surface area (Å²) in [6.45, 7) is 0. The summed E-state index contributed by atoms with van der Waals surface area (Å²) < 4.78 is 78.5. The standard InChI is InChI=1S/C18H12F6N4O/c19-17(20,21)14-9-13(10-15(27-14)18(22,23)24)25-11-3-5-12(6-4-11)26-16(29)28-7-1-2-8-28/h1-10H,(H,25,27)(H,26,29). The lowest BCUT2D eigenvalue weighted by Gasteiger charge is -2.14. The number of nitrogens with zero attached hydrogens (tertiary/aromatic N) is 2. The van der Waals surface area contributed by atoms with Gasteiger partial charge >= 0.3 is 18.4 Å². The van der Waals surface area contributed by atoms with Crippen LogP contribution in [0.5, 0.6) is 0 Å². The third-order valence-corrected chi connectivity index (χ3v) is 3.67. The molecule has 1 aromatic carbocycles. The lowest BCUT2D eigenvalue weighted by molar-refractivity contribution is -0.150. The summed E-state index contributed by atoms with van der Waals surface area (Å²) in [5.41, 5.74) is -3.15. The van der Waals surface area contributed by atoms with Gasteiger partial charge in [-0.2, -0.15) is 26.3 Å². The number of hydrogen-bond donors (Lipinski definition) is 2. The first-order valence-electron chi connectivity index (χ1n) is 8.00. The molecule has 5 nitrogen and oxygen atoms in total. The Balaban J connectivity index is 1.80. The summed E-state index contributed by atoms with van der Waals surface area (Å²) in [6, 6.07) is 9.53. The molecule has 0 radical (unpaired) electrons. The molecule has 0 aliphatic rings. The number of carbonyl (C=O) groups excluding carboxylic acids is 1. The Kier molecular flexibility index (Phi) is 5.23. The Morgan fingerprint density at radius 1 is 0.793 bits per heavy atom. The van der Waals surface area contributed by atoms with E-state index in [-0.39, 0.29) is 5.69 Å². The van der Waals surface area contributed by atoms with Crippen molar-refractivity contribution in [2.45, 2.75) is 12.4 Å². The number of benzene rings is 1. The normalized spacial score (nSPS) is 11.9. The van der Waals surface area contributed by atoms with Crippen LogP contribution >= 0.6 is 0 Å². The monoisotopic (exact) mass is 414 g/mol. The SMILES string of the molecule is O=C(Nc1ccc(Nc2cc(C(F)(F)F)nc(C(F)(F)F)c2)cc1)n1cccc1. The van der Waals surface area contributed by atoms with Crippen molar-refractivity contribution in [1.29, 1.82) is 0 Å². The van der Waals surface area contributed by atoms with Gasteiger partial charge in [0.2, 0.25) is 0 Å². The van der Waals surface area contributed by atoms with Crippen LogP contribution in [0.3, 0.4) is 0 Å². The molecule has 3 aromatic rings. The fraction of sp³-hybridized carbons (Fsp3) is 0.111. The van der Waals surface area contributed by atoms with E-state index in [0.717, 1.165) is 0 Å². The van der Waals surface area contributed by atoms with E-state index < -0.39 is 35.5 Å². The average Bonchev–Trinajstić information content (AvgIpc) is 3.16. The number of rotatable bonds is 3. The van der Waals surface area contributed by atoms with Crippen LogP contribution in [0, 0.1) is 0 Å². The highest BCUT2D eigenvalue weighted by molar-refractivity contribution is 5.91. The van der Waals surface area contributed by atoms with Gasteiger partial charge in [-0.05, 0) is 48.5 Å². The Bertz CT molecular complexity index is 962. The first-order valence-corrected chi connectivity index (χ1v) is 8.00. The topological polar surface area (TPSA) is 59.0 Å². The van der Waals surface area contributed by atoms with Crippen molar-refractivity contribution in [2.75, 3.05) is 10.6 Å². The molecule has 0 fully saturated rings. The molecule has 3 rings (SSSR count). The number of amides is 1. The minimum atomic E-state index is -5.04. The maximum atomic E-state index is 12.9. The molecule has 29 heavy (non-hydrogen) atoms. The molecular formula is C18H12F6N4O. The highest BCUT2D eigenvalue weighted by atomic mass is 19.4. The van der Waals surface area contributed by atoms with Crippen LogP contribution in [0.15, 0.2) is 60.9 Å². The maximum Gasteiger partial charge on any atom is 0.433 e. The first kappa shape index (κ1) is 20.2. The molecule has 0 spiro atoms. The molecule has 0 aliphatic carbocycles. The van der Waals surface area contributed by atoms with E-state index in [1.165, 1.54) is 41.2 Å². The average molecular weight is 414 g/mol. The highest BCUT2D eigenvalue weighted by Gasteiger charge is 2.38. The summed E-state index contributed by atoms with van der Waals surface area (Å²) in [4.78, 5) is 14.6. The van der Waals surface area contributed by atoms with Crippen molar-refractivity contribution in [2.24, 2.45) is 0 Å². The molecule has 2 heterocycles. The van der Waals surface area contributed by atoms with Gasteiger partial charge in [-0.1, -0.05) is 0 Å². The smallest absolute Gasteiger partial charge is 0.355 e. The van der Waals surface area contributed by atoms with Gasteiger partial charge in [0.25, 0.3) is 0 Å². The largest absolute Gasteiger partial charge is 0.433 e. The third-order valence-electron chi connectivity index (χ3n) is 3.67. The van der Waals surface area contributed by atoms with Crippen LogP contribution in [0.1, 0.15) is 11.4 Å². The molecule has 0 bridgehead atoms. The number of pyridine rings is 1. The minimum Gasteiger partial charge on any atom is -0.355 e. The van der Waals surface area contributed by atoms with Gasteiger partial charge in [-0.25, -0.2) is 9.78 Å². The summed E-state index contributed by atoms with van der Waals surface area (Å²) in [7, 11) is 0. The Morgan fingerprint density at radius 3 is 1.76 bits per heavy atom. The second-order valence-electron chi connectivity index (χ2n) is 5.84. The van der Waals surface area contributed by atoms with Gasteiger partial charge in [-0.15, -0.1) is 0 Å². The summed E-state index contributed by atoms with van der Waals surface area (Å²) in [6.07, 6.45) is -7.01. The third kappa shape index (κ3) is 5.06. The Morgan fingerprint density at radius 2 is 1.28 bits per heavy atom. The van der Waals surface area contributed by atoms with Gasteiger partial charge in [0.15, 0.2) is 0 Å². The van der Waals surface area contributed by atoms with E-state index in [9.17, 15) is 31.1 Å². The highest BCUT2D eigenvalue weighted by Crippen LogP contribution is 2.35. The van der Waals surface area contributed by atoms with Crippen LogP contribution in [0.4, 0.5) is 48.2 Å². The van der Waals surface area contributed by atoms with Gasteiger partial charge in [0.05, 0.1) is 0 Å². The number of hydrogen-bond acceptors (Lipinski definition) is 3. The van der Waals surface area contributed by atoms with Gasteiger partial charge in [-0.3, -0.25) is 4.57 Å². The zero-order chi connectivity index (χ0) is 21.2. The first-order chi connectivity index (χ1) is 13.5. The van der Waals surface area contributed by atoms with Crippen molar-refractivity contribution in [1.82, 2.24) is 9.55 Å². The van der Waals surface area contributed by atoms with Crippen LogP contribution in [0.25, 0.3) is 0 Å². The summed E-state index contributed by atoms with van der Waals surface area (Å²) >= 11 is 0. The summed E-state index contributed by atoms with van der Waals surface area (Å²) in [5, 5.41) is 5.06. The number of alkyl halides is 6. The van der Waals surface area contributed by atoms with Gasteiger partial charge in [0, 0.05) is 29.5 Å². The number of nitrogens with one attached hydrogen (secondary N) is 2. The van der Waals surface area contributed by atoms with E-state index in [1.807, 2.05) is 0 Å². The van der Waals surface area contributed by atoms with E-state index in [0.29, 0.717) is 17.8 Å². The quantitative estimate of drug-likeness (QED) is 0.537. The van der Waals surface area contributed by atoms with Crippen molar-refractivity contribution in [3.8, 4) is 0 Å². The number of aromatic nitrogens is 2. The van der Waals surface area contributed by atoms with E-state index in [1.54, 1.807) is 12.1 Å². The molecule has 0 unspecified atom stereocenters. The Labute approximate surface area is 160 Å². The maximum absolute atomic E-state index is 12.9. The zero-order valence-corrected chi connectivity index (χ0v) is 14.3. The zero-order valence-electron chi connectivity index (χ0n) is 14.3. The molecule has 1 amide bonds. The molecule has 11 heteroatoms. The molecule has 152 valence electrons. The molecule has 0 saturated heterocycles. The second-order valence-corrected chi connectivity index (χ2v) is 5.84. The number of carbonyl (C=O) groups is 1. The number of halogens is 6. The predicted octanol–water partition coefficient (Wildman–Crippen LogP) is 5.74. The van der Waals surface area contributed by atoms with E-state index in [4.69, 9.17) is 0 Å².